The second-order valence-electron chi connectivity index (χ2n) is 13.0. The predicted molar refractivity (Wildman–Crippen MR) is 134 cm³/mol. The highest BCUT2D eigenvalue weighted by Gasteiger charge is 2.50. The molecule has 0 amide bonds. The number of rotatable bonds is 6. The van der Waals surface area contributed by atoms with Gasteiger partial charge in [-0.1, -0.05) is 91.4 Å². The molecule has 4 saturated carbocycles. The molecule has 0 heterocycles. The first kappa shape index (κ1) is 25.0. The number of aliphatic hydroxyl groups is 2. The van der Waals surface area contributed by atoms with Gasteiger partial charge >= 0.3 is 0 Å². The van der Waals surface area contributed by atoms with Gasteiger partial charge in [0.25, 0.3) is 0 Å². The second-order valence-corrected chi connectivity index (χ2v) is 13.0. The molecular formula is C30H54O2. The van der Waals surface area contributed by atoms with Gasteiger partial charge in [-0.05, 0) is 85.4 Å². The fourth-order valence-corrected chi connectivity index (χ4v) is 9.22. The first-order valence-corrected chi connectivity index (χ1v) is 14.8. The minimum absolute atomic E-state index is 0.0568. The van der Waals surface area contributed by atoms with Gasteiger partial charge in [0, 0.05) is 0 Å². The van der Waals surface area contributed by atoms with Crippen LogP contribution in [-0.4, -0.2) is 22.4 Å². The lowest BCUT2D eigenvalue weighted by Crippen LogP contribution is -2.49. The molecule has 186 valence electrons. The van der Waals surface area contributed by atoms with Gasteiger partial charge in [-0.15, -0.1) is 0 Å². The number of aliphatic hydroxyl groups excluding tert-OH is 2. The summed E-state index contributed by atoms with van der Waals surface area (Å²) in [7, 11) is 0. The van der Waals surface area contributed by atoms with Gasteiger partial charge in [-0.2, -0.15) is 0 Å². The molecule has 7 atom stereocenters. The van der Waals surface area contributed by atoms with E-state index >= 15 is 0 Å². The second kappa shape index (κ2) is 11.1. The molecule has 4 rings (SSSR count). The SMILES string of the molecule is CCC(C)C(C)(C1CCC(O)C(C2CCCCC2)C1)C1CCC(O)C(C2CCCCC2)C1. The molecule has 0 aromatic heterocycles. The molecule has 2 heteroatoms. The van der Waals surface area contributed by atoms with Crippen LogP contribution in [0.4, 0.5) is 0 Å². The standard InChI is InChI=1S/C30H54O2/c1-4-21(2)30(3,24-15-17-28(31)26(19-24)22-11-7-5-8-12-22)25-16-18-29(32)27(20-25)23-13-9-6-10-14-23/h21-29,31-32H,4-20H2,1-3H3. The lowest BCUT2D eigenvalue weighted by atomic mass is 9.51. The Balaban J connectivity index is 1.53. The fourth-order valence-electron chi connectivity index (χ4n) is 9.22. The third-order valence-corrected chi connectivity index (χ3v) is 11.7. The molecule has 0 aromatic rings. The Labute approximate surface area is 199 Å². The van der Waals surface area contributed by atoms with E-state index in [4.69, 9.17) is 0 Å². The highest BCUT2D eigenvalue weighted by Crippen LogP contribution is 2.57. The van der Waals surface area contributed by atoms with E-state index in [1.54, 1.807) is 0 Å². The summed E-state index contributed by atoms with van der Waals surface area (Å²) < 4.78 is 0. The van der Waals surface area contributed by atoms with Crippen LogP contribution < -0.4 is 0 Å². The third-order valence-electron chi connectivity index (χ3n) is 11.7. The molecule has 4 aliphatic carbocycles. The molecule has 0 spiro atoms. The van der Waals surface area contributed by atoms with E-state index in [0.717, 1.165) is 42.4 Å². The van der Waals surface area contributed by atoms with Crippen LogP contribution in [0.3, 0.4) is 0 Å². The largest absolute Gasteiger partial charge is 0.393 e. The Morgan fingerprint density at radius 3 is 1.44 bits per heavy atom. The average Bonchev–Trinajstić information content (AvgIpc) is 2.84. The van der Waals surface area contributed by atoms with Crippen LogP contribution >= 0.6 is 0 Å². The Bertz CT molecular complexity index is 519. The van der Waals surface area contributed by atoms with Crippen LogP contribution in [-0.2, 0) is 0 Å². The van der Waals surface area contributed by atoms with Crippen molar-refractivity contribution in [2.75, 3.05) is 0 Å². The smallest absolute Gasteiger partial charge is 0.0571 e. The van der Waals surface area contributed by atoms with Crippen molar-refractivity contribution in [3.63, 3.8) is 0 Å². The lowest BCUT2D eigenvalue weighted by Gasteiger charge is -2.55. The molecule has 0 radical (unpaired) electrons. The monoisotopic (exact) mass is 446 g/mol. The quantitative estimate of drug-likeness (QED) is 0.438. The normalized spacial score (nSPS) is 41.2. The molecular weight excluding hydrogens is 392 g/mol. The van der Waals surface area contributed by atoms with E-state index in [1.165, 1.54) is 96.3 Å². The predicted octanol–water partition coefficient (Wildman–Crippen LogP) is 7.75. The molecule has 7 unspecified atom stereocenters. The zero-order chi connectivity index (χ0) is 22.7. The van der Waals surface area contributed by atoms with Crippen molar-refractivity contribution in [2.24, 2.45) is 46.8 Å². The Morgan fingerprint density at radius 2 is 1.06 bits per heavy atom. The van der Waals surface area contributed by atoms with Crippen LogP contribution in [0.15, 0.2) is 0 Å². The highest BCUT2D eigenvalue weighted by molar-refractivity contribution is 5.00. The first-order chi connectivity index (χ1) is 15.4. The topological polar surface area (TPSA) is 40.5 Å². The zero-order valence-electron chi connectivity index (χ0n) is 21.6. The summed E-state index contributed by atoms with van der Waals surface area (Å²) in [6.45, 7) is 7.58. The van der Waals surface area contributed by atoms with E-state index in [0.29, 0.717) is 17.3 Å². The van der Waals surface area contributed by atoms with Crippen molar-refractivity contribution < 1.29 is 10.2 Å². The van der Waals surface area contributed by atoms with Crippen LogP contribution in [0.25, 0.3) is 0 Å². The Morgan fingerprint density at radius 1 is 0.656 bits per heavy atom. The maximum atomic E-state index is 11.0. The van der Waals surface area contributed by atoms with Crippen LogP contribution in [0.5, 0.6) is 0 Å². The van der Waals surface area contributed by atoms with Gasteiger partial charge in [0.2, 0.25) is 0 Å². The summed E-state index contributed by atoms with van der Waals surface area (Å²) in [4.78, 5) is 0. The molecule has 2 N–H and O–H groups in total. The summed E-state index contributed by atoms with van der Waals surface area (Å²) in [5.74, 6) is 4.85. The molecule has 0 aliphatic heterocycles. The summed E-state index contributed by atoms with van der Waals surface area (Å²) >= 11 is 0. The summed E-state index contributed by atoms with van der Waals surface area (Å²) in [6, 6.07) is 0. The van der Waals surface area contributed by atoms with Crippen molar-refractivity contribution in [3.8, 4) is 0 Å². The third kappa shape index (κ3) is 5.12. The summed E-state index contributed by atoms with van der Waals surface area (Å²) in [6.07, 6.45) is 21.9. The van der Waals surface area contributed by atoms with Crippen LogP contribution in [0, 0.1) is 46.8 Å². The number of hydrogen-bond acceptors (Lipinski definition) is 2. The van der Waals surface area contributed by atoms with E-state index in [2.05, 4.69) is 20.8 Å². The maximum absolute atomic E-state index is 11.0. The van der Waals surface area contributed by atoms with Crippen LogP contribution in [0.1, 0.15) is 130 Å². The highest BCUT2D eigenvalue weighted by atomic mass is 16.3. The Hall–Kier alpha value is -0.0800. The summed E-state index contributed by atoms with van der Waals surface area (Å²) in [5, 5.41) is 22.0. The van der Waals surface area contributed by atoms with E-state index in [9.17, 15) is 10.2 Å². The minimum atomic E-state index is -0.0568. The van der Waals surface area contributed by atoms with Gasteiger partial charge in [0.15, 0.2) is 0 Å². The minimum Gasteiger partial charge on any atom is -0.393 e. The molecule has 0 aromatic carbocycles. The average molecular weight is 447 g/mol. The van der Waals surface area contributed by atoms with Crippen molar-refractivity contribution in [3.05, 3.63) is 0 Å². The zero-order valence-corrected chi connectivity index (χ0v) is 21.6. The Kier molecular flexibility index (Phi) is 8.69. The van der Waals surface area contributed by atoms with Crippen molar-refractivity contribution in [1.29, 1.82) is 0 Å². The lowest BCUT2D eigenvalue weighted by molar-refractivity contribution is -0.0928. The van der Waals surface area contributed by atoms with Gasteiger partial charge < -0.3 is 10.2 Å². The summed E-state index contributed by atoms with van der Waals surface area (Å²) in [5.41, 5.74) is 0.356. The number of hydrogen-bond donors (Lipinski definition) is 2. The molecule has 2 nitrogen and oxygen atoms in total. The fraction of sp³-hybridized carbons (Fsp3) is 1.00. The van der Waals surface area contributed by atoms with E-state index < -0.39 is 0 Å². The van der Waals surface area contributed by atoms with E-state index in [1.807, 2.05) is 0 Å². The molecule has 0 bridgehead atoms. The molecule has 4 aliphatic rings. The van der Waals surface area contributed by atoms with Gasteiger partial charge in [0.05, 0.1) is 12.2 Å². The van der Waals surface area contributed by atoms with Crippen molar-refractivity contribution in [2.45, 2.75) is 142 Å². The molecule has 0 saturated heterocycles. The molecule has 4 fully saturated rings. The van der Waals surface area contributed by atoms with Gasteiger partial charge in [-0.25, -0.2) is 0 Å². The van der Waals surface area contributed by atoms with Gasteiger partial charge in [-0.3, -0.25) is 0 Å². The maximum Gasteiger partial charge on any atom is 0.0571 e. The van der Waals surface area contributed by atoms with E-state index in [-0.39, 0.29) is 12.2 Å². The van der Waals surface area contributed by atoms with Crippen LogP contribution in [0.2, 0.25) is 0 Å². The van der Waals surface area contributed by atoms with Gasteiger partial charge in [0.1, 0.15) is 0 Å². The first-order valence-electron chi connectivity index (χ1n) is 14.8. The molecule has 32 heavy (non-hydrogen) atoms. The van der Waals surface area contributed by atoms with Crippen molar-refractivity contribution in [1.82, 2.24) is 0 Å². The van der Waals surface area contributed by atoms with Crippen molar-refractivity contribution >= 4 is 0 Å².